The molecule has 11 heteroatoms. The third-order valence-electron chi connectivity index (χ3n) is 3.98. The molecular weight excluding hydrogens is 377 g/mol. The molecule has 1 aliphatic heterocycles. The summed E-state index contributed by atoms with van der Waals surface area (Å²) in [5, 5.41) is 5.22. The van der Waals surface area contributed by atoms with Gasteiger partial charge in [-0.2, -0.15) is 23.1 Å². The molecule has 3 rings (SSSR count). The van der Waals surface area contributed by atoms with E-state index < -0.39 is 17.6 Å². The maximum absolute atomic E-state index is 12.7. The second kappa shape index (κ2) is 8.30. The second-order valence-electron chi connectivity index (χ2n) is 6.05. The lowest BCUT2D eigenvalue weighted by Crippen LogP contribution is -2.37. The number of nitrogens with one attached hydrogen (secondary N) is 2. The Kier molecular flexibility index (Phi) is 5.83. The fourth-order valence-electron chi connectivity index (χ4n) is 2.65. The molecule has 1 amide bonds. The number of ether oxygens (including phenoxy) is 1. The van der Waals surface area contributed by atoms with Crippen LogP contribution in [0, 0.1) is 0 Å². The molecule has 1 aliphatic rings. The van der Waals surface area contributed by atoms with Gasteiger partial charge in [0.1, 0.15) is 11.6 Å². The van der Waals surface area contributed by atoms with E-state index >= 15 is 0 Å². The molecule has 0 bridgehead atoms. The summed E-state index contributed by atoms with van der Waals surface area (Å²) in [4.78, 5) is 22.2. The van der Waals surface area contributed by atoms with Crippen LogP contribution >= 0.6 is 0 Å². The largest absolute Gasteiger partial charge is 0.416 e. The first-order valence-electron chi connectivity index (χ1n) is 8.49. The number of rotatable bonds is 5. The molecule has 0 radical (unpaired) electrons. The maximum atomic E-state index is 12.7. The van der Waals surface area contributed by atoms with Crippen LogP contribution in [0.2, 0.25) is 0 Å². The zero-order valence-corrected chi connectivity index (χ0v) is 14.8. The van der Waals surface area contributed by atoms with E-state index in [0.29, 0.717) is 32.1 Å². The molecule has 0 saturated carbocycles. The molecule has 28 heavy (non-hydrogen) atoms. The van der Waals surface area contributed by atoms with Crippen molar-refractivity contribution in [2.24, 2.45) is 0 Å². The summed E-state index contributed by atoms with van der Waals surface area (Å²) in [5.41, 5.74) is 5.10. The van der Waals surface area contributed by atoms with E-state index in [-0.39, 0.29) is 24.0 Å². The number of halogens is 3. The Morgan fingerprint density at radius 2 is 1.96 bits per heavy atom. The Labute approximate surface area is 158 Å². The molecule has 0 spiro atoms. The number of benzene rings is 1. The third kappa shape index (κ3) is 5.22. The van der Waals surface area contributed by atoms with Gasteiger partial charge in [-0.1, -0.05) is 6.07 Å². The number of nitrogens with zero attached hydrogens (tertiary/aromatic N) is 3. The van der Waals surface area contributed by atoms with Crippen molar-refractivity contribution < 1.29 is 22.7 Å². The molecule has 2 heterocycles. The Hall–Kier alpha value is -3.08. The summed E-state index contributed by atoms with van der Waals surface area (Å²) < 4.78 is 43.5. The predicted octanol–water partition coefficient (Wildman–Crippen LogP) is 1.96. The van der Waals surface area contributed by atoms with Crippen LogP contribution in [-0.2, 0) is 15.7 Å². The smallest absolute Gasteiger partial charge is 0.378 e. The first-order chi connectivity index (χ1) is 13.3. The Bertz CT molecular complexity index is 840. The van der Waals surface area contributed by atoms with Gasteiger partial charge >= 0.3 is 6.18 Å². The van der Waals surface area contributed by atoms with Crippen LogP contribution in [0.1, 0.15) is 5.56 Å². The average Bonchev–Trinajstić information content (AvgIpc) is 2.66. The Morgan fingerprint density at radius 3 is 2.68 bits per heavy atom. The number of hydrogen-bond donors (Lipinski definition) is 3. The molecule has 4 N–H and O–H groups in total. The highest BCUT2D eigenvalue weighted by molar-refractivity contribution is 5.93. The molecule has 8 nitrogen and oxygen atoms in total. The number of carbonyl (C=O) groups excluding carboxylic acids is 1. The number of aromatic nitrogens is 2. The Morgan fingerprint density at radius 1 is 1.21 bits per heavy atom. The molecule has 1 fully saturated rings. The van der Waals surface area contributed by atoms with Crippen molar-refractivity contribution in [3.8, 4) is 0 Å². The zero-order valence-electron chi connectivity index (χ0n) is 14.8. The van der Waals surface area contributed by atoms with Crippen molar-refractivity contribution in [3.63, 3.8) is 0 Å². The number of amides is 1. The molecular formula is C17H19F3N6O2. The molecule has 2 aromatic rings. The van der Waals surface area contributed by atoms with Gasteiger partial charge in [0.05, 0.1) is 25.3 Å². The van der Waals surface area contributed by atoms with Crippen LogP contribution in [0.5, 0.6) is 0 Å². The number of nitrogens with two attached hydrogens (primary N) is 1. The third-order valence-corrected chi connectivity index (χ3v) is 3.98. The van der Waals surface area contributed by atoms with E-state index in [1.54, 1.807) is 6.07 Å². The van der Waals surface area contributed by atoms with E-state index in [1.165, 1.54) is 12.1 Å². The predicted molar refractivity (Wildman–Crippen MR) is 98.0 cm³/mol. The maximum Gasteiger partial charge on any atom is 0.416 e. The molecule has 0 aliphatic carbocycles. The van der Waals surface area contributed by atoms with Crippen LogP contribution in [0.25, 0.3) is 0 Å². The zero-order chi connectivity index (χ0) is 20.1. The van der Waals surface area contributed by atoms with Gasteiger partial charge in [-0.3, -0.25) is 4.79 Å². The van der Waals surface area contributed by atoms with E-state index in [1.807, 2.05) is 4.90 Å². The molecule has 1 saturated heterocycles. The molecule has 1 aromatic heterocycles. The van der Waals surface area contributed by atoms with Gasteiger partial charge in [0, 0.05) is 24.8 Å². The SMILES string of the molecule is Nc1nc(NC(=O)CNc2cccc(C(F)(F)F)c2)cc(N2CCOCC2)n1. The minimum atomic E-state index is -4.45. The van der Waals surface area contributed by atoms with E-state index in [4.69, 9.17) is 10.5 Å². The second-order valence-corrected chi connectivity index (χ2v) is 6.05. The summed E-state index contributed by atoms with van der Waals surface area (Å²) >= 11 is 0. The molecule has 0 atom stereocenters. The van der Waals surface area contributed by atoms with Crippen LogP contribution < -0.4 is 21.3 Å². The van der Waals surface area contributed by atoms with Crippen LogP contribution in [0.15, 0.2) is 30.3 Å². The lowest BCUT2D eigenvalue weighted by molar-refractivity contribution is -0.137. The van der Waals surface area contributed by atoms with Crippen LogP contribution in [0.4, 0.5) is 36.4 Å². The minimum absolute atomic E-state index is 0.00475. The standard InChI is InChI=1S/C17H19F3N6O2/c18-17(19,20)11-2-1-3-12(8-11)22-10-15(27)23-13-9-14(25-16(21)24-13)26-4-6-28-7-5-26/h1-3,8-9,22H,4-7,10H2,(H3,21,23,24,25,27). The summed E-state index contributed by atoms with van der Waals surface area (Å²) in [5.74, 6) is 0.301. The van der Waals surface area contributed by atoms with Crippen molar-refractivity contribution >= 4 is 29.2 Å². The summed E-state index contributed by atoms with van der Waals surface area (Å²) in [6, 6.07) is 6.20. The van der Waals surface area contributed by atoms with E-state index in [9.17, 15) is 18.0 Å². The molecule has 0 unspecified atom stereocenters. The molecule has 1 aromatic carbocycles. The number of anilines is 4. The first-order valence-corrected chi connectivity index (χ1v) is 8.49. The van der Waals surface area contributed by atoms with Gasteiger partial charge in [-0.05, 0) is 18.2 Å². The number of morpholine rings is 1. The van der Waals surface area contributed by atoms with Gasteiger partial charge in [-0.15, -0.1) is 0 Å². The van der Waals surface area contributed by atoms with Gasteiger partial charge in [-0.25, -0.2) is 0 Å². The van der Waals surface area contributed by atoms with Crippen molar-refractivity contribution in [1.29, 1.82) is 0 Å². The number of hydrogen-bond acceptors (Lipinski definition) is 7. The minimum Gasteiger partial charge on any atom is -0.378 e. The van der Waals surface area contributed by atoms with E-state index in [0.717, 1.165) is 12.1 Å². The molecule has 150 valence electrons. The highest BCUT2D eigenvalue weighted by atomic mass is 19.4. The highest BCUT2D eigenvalue weighted by Gasteiger charge is 2.30. The van der Waals surface area contributed by atoms with Gasteiger partial charge in [0.15, 0.2) is 0 Å². The van der Waals surface area contributed by atoms with Crippen molar-refractivity contribution in [2.45, 2.75) is 6.18 Å². The number of carbonyl (C=O) groups is 1. The fraction of sp³-hybridized carbons (Fsp3) is 0.353. The summed E-state index contributed by atoms with van der Waals surface area (Å²) in [6.45, 7) is 2.17. The number of alkyl halides is 3. The summed E-state index contributed by atoms with van der Waals surface area (Å²) in [6.07, 6.45) is -4.45. The van der Waals surface area contributed by atoms with Gasteiger partial charge < -0.3 is 26.0 Å². The first kappa shape index (κ1) is 19.7. The number of nitrogen functional groups attached to an aromatic ring is 1. The van der Waals surface area contributed by atoms with Crippen LogP contribution in [-0.4, -0.2) is 48.7 Å². The fourth-order valence-corrected chi connectivity index (χ4v) is 2.65. The monoisotopic (exact) mass is 396 g/mol. The Balaban J connectivity index is 1.61. The van der Waals surface area contributed by atoms with Crippen molar-refractivity contribution in [2.75, 3.05) is 54.1 Å². The lowest BCUT2D eigenvalue weighted by atomic mass is 10.2. The summed E-state index contributed by atoms with van der Waals surface area (Å²) in [7, 11) is 0. The van der Waals surface area contributed by atoms with Gasteiger partial charge in [0.25, 0.3) is 0 Å². The normalized spacial score (nSPS) is 14.6. The highest BCUT2D eigenvalue weighted by Crippen LogP contribution is 2.30. The topological polar surface area (TPSA) is 105 Å². The van der Waals surface area contributed by atoms with Crippen LogP contribution in [0.3, 0.4) is 0 Å². The van der Waals surface area contributed by atoms with Gasteiger partial charge in [0.2, 0.25) is 11.9 Å². The van der Waals surface area contributed by atoms with Crippen molar-refractivity contribution in [3.05, 3.63) is 35.9 Å². The quantitative estimate of drug-likeness (QED) is 0.710. The van der Waals surface area contributed by atoms with Crippen molar-refractivity contribution in [1.82, 2.24) is 9.97 Å². The lowest BCUT2D eigenvalue weighted by Gasteiger charge is -2.28. The van der Waals surface area contributed by atoms with E-state index in [2.05, 4.69) is 20.6 Å². The average molecular weight is 396 g/mol.